The summed E-state index contributed by atoms with van der Waals surface area (Å²) in [4.78, 5) is 14.5. The molecule has 0 heterocycles. The highest BCUT2D eigenvalue weighted by Gasteiger charge is 2.36. The summed E-state index contributed by atoms with van der Waals surface area (Å²) in [7, 11) is 0. The molecule has 1 amide bonds. The molecule has 3 nitrogen and oxygen atoms in total. The second-order valence-corrected chi connectivity index (χ2v) is 9.58. The van der Waals surface area contributed by atoms with Crippen LogP contribution < -0.4 is 10.9 Å². The number of rotatable bonds is 9. The molecule has 0 fully saturated rings. The number of hydrogen-bond acceptors (Lipinski definition) is 3. The number of thioether (sulfide) groups is 1. The van der Waals surface area contributed by atoms with Gasteiger partial charge in [0.25, 0.3) is 5.91 Å². The van der Waals surface area contributed by atoms with Crippen molar-refractivity contribution in [2.24, 2.45) is 0 Å². The highest BCUT2D eigenvalue weighted by molar-refractivity contribution is 7.99. The number of carbonyl (C=O) groups is 1. The van der Waals surface area contributed by atoms with Gasteiger partial charge in [-0.15, -0.1) is 11.8 Å². The fraction of sp³-hybridized carbons (Fsp3) is 0.129. The third kappa shape index (κ3) is 5.73. The van der Waals surface area contributed by atoms with Gasteiger partial charge < -0.3 is 0 Å². The van der Waals surface area contributed by atoms with Crippen LogP contribution in [0.4, 0.5) is 0 Å². The normalized spacial score (nSPS) is 11.0. The molecule has 4 heteroatoms. The van der Waals surface area contributed by atoms with E-state index in [1.54, 1.807) is 11.8 Å². The molecule has 0 saturated heterocycles. The summed E-state index contributed by atoms with van der Waals surface area (Å²) in [5.74, 6) is 0.652. The molecule has 0 atom stereocenters. The molecule has 0 aromatic heterocycles. The molecule has 0 aliphatic carbocycles. The third-order valence-corrected chi connectivity index (χ3v) is 6.85. The predicted octanol–water partition coefficient (Wildman–Crippen LogP) is 6.97. The minimum Gasteiger partial charge on any atom is -0.286 e. The first-order valence-corrected chi connectivity index (χ1v) is 12.7. The van der Waals surface area contributed by atoms with E-state index in [-0.39, 0.29) is 5.91 Å². The Kier molecular flexibility index (Phi) is 8.19. The lowest BCUT2D eigenvalue weighted by molar-refractivity contribution is 0.0915. The van der Waals surface area contributed by atoms with Crippen molar-refractivity contribution in [1.82, 2.24) is 10.9 Å². The van der Waals surface area contributed by atoms with Crippen molar-refractivity contribution in [3.63, 3.8) is 0 Å². The maximum atomic E-state index is 13.5. The van der Waals surface area contributed by atoms with Gasteiger partial charge >= 0.3 is 0 Å². The largest absolute Gasteiger partial charge is 0.286 e. The summed E-state index contributed by atoms with van der Waals surface area (Å²) in [6.45, 7) is 4.17. The van der Waals surface area contributed by atoms with Gasteiger partial charge in [0.05, 0.1) is 5.56 Å². The molecule has 4 aromatic rings. The standard InChI is InChI=1S/C31H30N2OS/c1-24(2)22-23-35-29-21-13-12-20-28(29)30(34)32-33-31(25-14-6-3-7-15-25,26-16-8-4-9-17-26)27-18-10-5-11-19-27/h3-22,33H,23H2,1-2H3,(H,32,34). The minimum atomic E-state index is -0.774. The van der Waals surface area contributed by atoms with Gasteiger partial charge in [-0.05, 0) is 42.7 Å². The number of hydrogen-bond donors (Lipinski definition) is 2. The first-order valence-electron chi connectivity index (χ1n) is 11.7. The Hall–Kier alpha value is -3.60. The third-order valence-electron chi connectivity index (χ3n) is 5.85. The average molecular weight is 479 g/mol. The lowest BCUT2D eigenvalue weighted by Crippen LogP contribution is -2.53. The molecule has 2 N–H and O–H groups in total. The first-order chi connectivity index (χ1) is 17.1. The van der Waals surface area contributed by atoms with E-state index in [1.807, 2.05) is 78.9 Å². The smallest absolute Gasteiger partial charge is 0.266 e. The highest BCUT2D eigenvalue weighted by Crippen LogP contribution is 2.36. The summed E-state index contributed by atoms with van der Waals surface area (Å²) in [5.41, 5.74) is 10.8. The van der Waals surface area contributed by atoms with E-state index in [0.29, 0.717) is 5.56 Å². The highest BCUT2D eigenvalue weighted by atomic mass is 32.2. The molecule has 0 saturated carbocycles. The molecule has 176 valence electrons. The zero-order valence-corrected chi connectivity index (χ0v) is 20.9. The molecule has 0 spiro atoms. The van der Waals surface area contributed by atoms with Gasteiger partial charge in [-0.25, -0.2) is 5.43 Å². The fourth-order valence-electron chi connectivity index (χ4n) is 4.08. The summed E-state index contributed by atoms with van der Waals surface area (Å²) >= 11 is 1.66. The van der Waals surface area contributed by atoms with Crippen molar-refractivity contribution < 1.29 is 4.79 Å². The SMILES string of the molecule is CC(C)=CCSc1ccccc1C(=O)NNC(c1ccccc1)(c1ccccc1)c1ccccc1. The molecule has 0 bridgehead atoms. The Balaban J connectivity index is 1.72. The number of allylic oxidation sites excluding steroid dienone is 1. The molecule has 0 unspecified atom stereocenters. The summed E-state index contributed by atoms with van der Waals surface area (Å²) in [6.07, 6.45) is 2.17. The number of nitrogens with one attached hydrogen (secondary N) is 2. The van der Waals surface area contributed by atoms with E-state index >= 15 is 0 Å². The van der Waals surface area contributed by atoms with Crippen LogP contribution in [0.2, 0.25) is 0 Å². The van der Waals surface area contributed by atoms with Gasteiger partial charge in [0, 0.05) is 10.6 Å². The Bertz CT molecular complexity index is 1170. The van der Waals surface area contributed by atoms with Gasteiger partial charge in [0.1, 0.15) is 5.54 Å². The molecule has 0 radical (unpaired) electrons. The van der Waals surface area contributed by atoms with Crippen molar-refractivity contribution in [3.8, 4) is 0 Å². The fourth-order valence-corrected chi connectivity index (χ4v) is 5.16. The van der Waals surface area contributed by atoms with Gasteiger partial charge in [0.2, 0.25) is 0 Å². The topological polar surface area (TPSA) is 41.1 Å². The average Bonchev–Trinajstić information content (AvgIpc) is 2.91. The zero-order chi connectivity index (χ0) is 24.5. The molecule has 35 heavy (non-hydrogen) atoms. The second kappa shape index (κ2) is 11.7. The van der Waals surface area contributed by atoms with Gasteiger partial charge in [-0.3, -0.25) is 10.2 Å². The number of hydrazine groups is 1. The first kappa shape index (κ1) is 24.5. The van der Waals surface area contributed by atoms with E-state index in [4.69, 9.17) is 0 Å². The molecule has 0 aliphatic rings. The van der Waals surface area contributed by atoms with E-state index < -0.39 is 5.54 Å². The van der Waals surface area contributed by atoms with Crippen LogP contribution in [-0.2, 0) is 5.54 Å². The lowest BCUT2D eigenvalue weighted by Gasteiger charge is -2.37. The second-order valence-electron chi connectivity index (χ2n) is 8.52. The molecule has 4 rings (SSSR count). The van der Waals surface area contributed by atoms with Crippen LogP contribution in [-0.4, -0.2) is 11.7 Å². The Morgan fingerprint density at radius 2 is 1.17 bits per heavy atom. The van der Waals surface area contributed by atoms with E-state index in [0.717, 1.165) is 27.3 Å². The van der Waals surface area contributed by atoms with Crippen LogP contribution in [0.3, 0.4) is 0 Å². The monoisotopic (exact) mass is 478 g/mol. The maximum Gasteiger partial charge on any atom is 0.266 e. The van der Waals surface area contributed by atoms with Crippen molar-refractivity contribution in [2.75, 3.05) is 5.75 Å². The number of carbonyl (C=O) groups excluding carboxylic acids is 1. The molecular formula is C31H30N2OS. The maximum absolute atomic E-state index is 13.5. The van der Waals surface area contributed by atoms with Crippen molar-refractivity contribution in [2.45, 2.75) is 24.3 Å². The van der Waals surface area contributed by atoms with Crippen LogP contribution >= 0.6 is 11.8 Å². The van der Waals surface area contributed by atoms with Gasteiger partial charge in [0.15, 0.2) is 0 Å². The molecular weight excluding hydrogens is 448 g/mol. The Morgan fingerprint density at radius 1 is 0.714 bits per heavy atom. The van der Waals surface area contributed by atoms with Crippen molar-refractivity contribution >= 4 is 17.7 Å². The summed E-state index contributed by atoms with van der Waals surface area (Å²) in [5, 5.41) is 0. The van der Waals surface area contributed by atoms with E-state index in [1.165, 1.54) is 5.57 Å². The van der Waals surface area contributed by atoms with Crippen molar-refractivity contribution in [1.29, 1.82) is 0 Å². The molecule has 0 aliphatic heterocycles. The predicted molar refractivity (Wildman–Crippen MR) is 146 cm³/mol. The van der Waals surface area contributed by atoms with E-state index in [2.05, 4.69) is 67.2 Å². The summed E-state index contributed by atoms with van der Waals surface area (Å²) in [6, 6.07) is 38.4. The van der Waals surface area contributed by atoms with Crippen molar-refractivity contribution in [3.05, 3.63) is 149 Å². The van der Waals surface area contributed by atoms with Crippen LogP contribution in [0.15, 0.2) is 132 Å². The lowest BCUT2D eigenvalue weighted by atomic mass is 9.77. The Morgan fingerprint density at radius 3 is 1.66 bits per heavy atom. The van der Waals surface area contributed by atoms with E-state index in [9.17, 15) is 4.79 Å². The zero-order valence-electron chi connectivity index (χ0n) is 20.1. The minimum absolute atomic E-state index is 0.169. The molecule has 4 aromatic carbocycles. The van der Waals surface area contributed by atoms with Gasteiger partial charge in [-0.1, -0.05) is 115 Å². The van der Waals surface area contributed by atoms with Crippen LogP contribution in [0.1, 0.15) is 40.9 Å². The van der Waals surface area contributed by atoms with Crippen LogP contribution in [0.25, 0.3) is 0 Å². The Labute approximate surface area is 212 Å². The number of benzene rings is 4. The van der Waals surface area contributed by atoms with Gasteiger partial charge in [-0.2, -0.15) is 0 Å². The summed E-state index contributed by atoms with van der Waals surface area (Å²) < 4.78 is 0. The number of amides is 1. The van der Waals surface area contributed by atoms with Crippen LogP contribution in [0.5, 0.6) is 0 Å². The quantitative estimate of drug-likeness (QED) is 0.118. The van der Waals surface area contributed by atoms with Crippen LogP contribution in [0, 0.1) is 0 Å².